The predicted molar refractivity (Wildman–Crippen MR) is 94.7 cm³/mol. The highest BCUT2D eigenvalue weighted by molar-refractivity contribution is 5.98. The Hall–Kier alpha value is -1.63. The summed E-state index contributed by atoms with van der Waals surface area (Å²) in [6, 6.07) is 7.19. The molecule has 0 spiro atoms. The first-order valence-electron chi connectivity index (χ1n) is 8.26. The van der Waals surface area contributed by atoms with E-state index in [1.165, 1.54) is 0 Å². The summed E-state index contributed by atoms with van der Waals surface area (Å²) in [6.45, 7) is 2.45. The van der Waals surface area contributed by atoms with Crippen LogP contribution in [0.15, 0.2) is 24.3 Å². The van der Waals surface area contributed by atoms with Crippen molar-refractivity contribution in [1.29, 1.82) is 0 Å². The van der Waals surface area contributed by atoms with Crippen molar-refractivity contribution >= 4 is 29.9 Å². The highest BCUT2D eigenvalue weighted by atomic mass is 35.5. The van der Waals surface area contributed by atoms with E-state index in [9.17, 15) is 9.59 Å². The second kappa shape index (κ2) is 9.01. The van der Waals surface area contributed by atoms with Gasteiger partial charge in [0.1, 0.15) is 6.10 Å². The summed E-state index contributed by atoms with van der Waals surface area (Å²) in [4.78, 5) is 24.4. The number of carbonyl (C=O) groups is 2. The van der Waals surface area contributed by atoms with Gasteiger partial charge in [-0.3, -0.25) is 9.59 Å². The normalized spacial score (nSPS) is 23.2. The minimum atomic E-state index is -0.374. The van der Waals surface area contributed by atoms with Crippen LogP contribution in [0, 0.1) is 0 Å². The standard InChI is InChI=1S/C17H23N3O3.ClH/c21-16(20-14-6-2-8-18-11-14)12-4-1-5-13(10-12)19-17(22)15-7-3-9-23-15;/h1,4-5,10,14-15,18H,2-3,6-9,11H2,(H,19,22)(H,20,21);1H. The van der Waals surface area contributed by atoms with Crippen molar-refractivity contribution in [1.82, 2.24) is 10.6 Å². The van der Waals surface area contributed by atoms with Crippen molar-refractivity contribution in [3.63, 3.8) is 0 Å². The number of rotatable bonds is 4. The highest BCUT2D eigenvalue weighted by Crippen LogP contribution is 2.16. The molecule has 24 heavy (non-hydrogen) atoms. The van der Waals surface area contributed by atoms with Gasteiger partial charge in [-0.15, -0.1) is 12.4 Å². The molecule has 7 heteroatoms. The molecule has 2 amide bonds. The monoisotopic (exact) mass is 353 g/mol. The molecule has 2 atom stereocenters. The summed E-state index contributed by atoms with van der Waals surface area (Å²) in [6.07, 6.45) is 3.36. The third kappa shape index (κ3) is 4.93. The number of hydrogen-bond donors (Lipinski definition) is 3. The molecule has 1 aromatic carbocycles. The number of halogens is 1. The molecule has 2 heterocycles. The maximum atomic E-state index is 12.3. The number of amides is 2. The van der Waals surface area contributed by atoms with E-state index >= 15 is 0 Å². The minimum absolute atomic E-state index is 0. The van der Waals surface area contributed by atoms with Crippen molar-refractivity contribution < 1.29 is 14.3 Å². The van der Waals surface area contributed by atoms with Crippen LogP contribution in [0.25, 0.3) is 0 Å². The number of ether oxygens (including phenoxy) is 1. The molecule has 2 saturated heterocycles. The Balaban J connectivity index is 0.00000208. The van der Waals surface area contributed by atoms with Gasteiger partial charge in [0.05, 0.1) is 0 Å². The Labute approximate surface area is 148 Å². The SMILES string of the molecule is Cl.O=C(NC1CCCNC1)c1cccc(NC(=O)C2CCCO2)c1. The molecule has 3 rings (SSSR count). The van der Waals surface area contributed by atoms with Crippen LogP contribution in [0.5, 0.6) is 0 Å². The van der Waals surface area contributed by atoms with Crippen LogP contribution in [0.4, 0.5) is 5.69 Å². The number of carbonyl (C=O) groups excluding carboxylic acids is 2. The zero-order valence-electron chi connectivity index (χ0n) is 13.5. The molecule has 3 N–H and O–H groups in total. The molecule has 6 nitrogen and oxygen atoms in total. The Bertz CT molecular complexity index is 570. The van der Waals surface area contributed by atoms with Gasteiger partial charge in [-0.1, -0.05) is 6.07 Å². The second-order valence-electron chi connectivity index (χ2n) is 6.09. The molecule has 132 valence electrons. The maximum Gasteiger partial charge on any atom is 0.253 e. The predicted octanol–water partition coefficient (Wildman–Crippen LogP) is 1.71. The molecule has 0 radical (unpaired) electrons. The molecule has 2 fully saturated rings. The first kappa shape index (κ1) is 18.7. The van der Waals surface area contributed by atoms with Gasteiger partial charge in [0, 0.05) is 30.4 Å². The van der Waals surface area contributed by atoms with Gasteiger partial charge in [-0.25, -0.2) is 0 Å². The summed E-state index contributed by atoms with van der Waals surface area (Å²) >= 11 is 0. The van der Waals surface area contributed by atoms with Gasteiger partial charge in [-0.2, -0.15) is 0 Å². The summed E-state index contributed by atoms with van der Waals surface area (Å²) < 4.78 is 5.37. The molecule has 0 aliphatic carbocycles. The van der Waals surface area contributed by atoms with Crippen LogP contribution < -0.4 is 16.0 Å². The lowest BCUT2D eigenvalue weighted by Gasteiger charge is -2.23. The lowest BCUT2D eigenvalue weighted by molar-refractivity contribution is -0.124. The topological polar surface area (TPSA) is 79.5 Å². The van der Waals surface area contributed by atoms with Crippen molar-refractivity contribution in [2.24, 2.45) is 0 Å². The molecule has 1 aromatic rings. The van der Waals surface area contributed by atoms with E-state index in [4.69, 9.17) is 4.74 Å². The van der Waals surface area contributed by atoms with Gasteiger partial charge in [-0.05, 0) is 50.4 Å². The molecule has 2 aliphatic heterocycles. The second-order valence-corrected chi connectivity index (χ2v) is 6.09. The van der Waals surface area contributed by atoms with Gasteiger partial charge < -0.3 is 20.7 Å². The summed E-state index contributed by atoms with van der Waals surface area (Å²) in [5.74, 6) is -0.247. The molecule has 0 bridgehead atoms. The first-order chi connectivity index (χ1) is 11.2. The third-order valence-corrected chi connectivity index (χ3v) is 4.25. The number of anilines is 1. The van der Waals surface area contributed by atoms with Crippen LogP contribution in [0.2, 0.25) is 0 Å². The average Bonchev–Trinajstić information content (AvgIpc) is 3.11. The van der Waals surface area contributed by atoms with Crippen LogP contribution in [-0.2, 0) is 9.53 Å². The summed E-state index contributed by atoms with van der Waals surface area (Å²) in [7, 11) is 0. The van der Waals surface area contributed by atoms with E-state index in [1.807, 2.05) is 0 Å². The van der Waals surface area contributed by atoms with Gasteiger partial charge >= 0.3 is 0 Å². The van der Waals surface area contributed by atoms with Crippen LogP contribution in [0.1, 0.15) is 36.0 Å². The number of piperidine rings is 1. The fourth-order valence-electron chi connectivity index (χ4n) is 2.99. The maximum absolute atomic E-state index is 12.3. The highest BCUT2D eigenvalue weighted by Gasteiger charge is 2.23. The number of benzene rings is 1. The van der Waals surface area contributed by atoms with Crippen molar-refractivity contribution in [2.75, 3.05) is 25.0 Å². The molecule has 2 unspecified atom stereocenters. The quantitative estimate of drug-likeness (QED) is 0.770. The first-order valence-corrected chi connectivity index (χ1v) is 8.26. The lowest BCUT2D eigenvalue weighted by atomic mass is 10.1. The van der Waals surface area contributed by atoms with Crippen LogP contribution >= 0.6 is 12.4 Å². The van der Waals surface area contributed by atoms with Crippen molar-refractivity contribution in [3.05, 3.63) is 29.8 Å². The van der Waals surface area contributed by atoms with E-state index in [0.717, 1.165) is 38.8 Å². The fraction of sp³-hybridized carbons (Fsp3) is 0.529. The Kier molecular flexibility index (Phi) is 7.02. The third-order valence-electron chi connectivity index (χ3n) is 4.25. The number of hydrogen-bond acceptors (Lipinski definition) is 4. The zero-order valence-corrected chi connectivity index (χ0v) is 14.4. The minimum Gasteiger partial charge on any atom is -0.368 e. The van der Waals surface area contributed by atoms with Gasteiger partial charge in [0.15, 0.2) is 0 Å². The Morgan fingerprint density at radius 2 is 2.08 bits per heavy atom. The van der Waals surface area contributed by atoms with E-state index in [2.05, 4.69) is 16.0 Å². The Morgan fingerprint density at radius 1 is 1.21 bits per heavy atom. The van der Waals surface area contributed by atoms with E-state index < -0.39 is 0 Å². The zero-order chi connectivity index (χ0) is 16.1. The summed E-state index contributed by atoms with van der Waals surface area (Å²) in [5, 5.41) is 9.13. The fourth-order valence-corrected chi connectivity index (χ4v) is 2.99. The molecular weight excluding hydrogens is 330 g/mol. The average molecular weight is 354 g/mol. The van der Waals surface area contributed by atoms with Crippen molar-refractivity contribution in [2.45, 2.75) is 37.8 Å². The van der Waals surface area contributed by atoms with Gasteiger partial charge in [0.2, 0.25) is 0 Å². The van der Waals surface area contributed by atoms with Gasteiger partial charge in [0.25, 0.3) is 11.8 Å². The van der Waals surface area contributed by atoms with Crippen LogP contribution in [0.3, 0.4) is 0 Å². The lowest BCUT2D eigenvalue weighted by Crippen LogP contribution is -2.45. The molecule has 0 aromatic heterocycles. The smallest absolute Gasteiger partial charge is 0.253 e. The largest absolute Gasteiger partial charge is 0.368 e. The molecule has 0 saturated carbocycles. The number of nitrogens with one attached hydrogen (secondary N) is 3. The van der Waals surface area contributed by atoms with E-state index in [-0.39, 0.29) is 36.4 Å². The molecular formula is C17H24ClN3O3. The van der Waals surface area contributed by atoms with E-state index in [0.29, 0.717) is 17.9 Å². The van der Waals surface area contributed by atoms with E-state index in [1.54, 1.807) is 24.3 Å². The van der Waals surface area contributed by atoms with Crippen LogP contribution in [-0.4, -0.2) is 43.7 Å². The van der Waals surface area contributed by atoms with Crippen molar-refractivity contribution in [3.8, 4) is 0 Å². The molecule has 2 aliphatic rings. The Morgan fingerprint density at radius 3 is 2.79 bits per heavy atom. The summed E-state index contributed by atoms with van der Waals surface area (Å²) in [5.41, 5.74) is 1.18.